The molecule has 0 spiro atoms. The molecule has 1 saturated carbocycles. The highest BCUT2D eigenvalue weighted by molar-refractivity contribution is 6.01. The third-order valence-corrected chi connectivity index (χ3v) is 4.07. The zero-order valence-corrected chi connectivity index (χ0v) is 12.0. The minimum Gasteiger partial charge on any atom is -0.507 e. The van der Waals surface area contributed by atoms with Crippen LogP contribution in [-0.4, -0.2) is 25.6 Å². The Hall–Kier alpha value is -2.96. The number of carbonyl (C=O) groups excluding carboxylic acids is 1. The van der Waals surface area contributed by atoms with E-state index in [-0.39, 0.29) is 22.5 Å². The minimum atomic E-state index is -1.07. The maximum atomic E-state index is 14.5. The van der Waals surface area contributed by atoms with E-state index in [2.05, 4.69) is 10.1 Å². The number of amides is 1. The molecule has 1 aromatic carbocycles. The van der Waals surface area contributed by atoms with Gasteiger partial charge in [0.15, 0.2) is 5.65 Å². The molecule has 2 aromatic heterocycles. The molecule has 0 aliphatic heterocycles. The second-order valence-corrected chi connectivity index (χ2v) is 5.63. The second kappa shape index (κ2) is 4.77. The minimum absolute atomic E-state index is 0.0330. The number of halogens is 1. The number of carbonyl (C=O) groups is 1. The van der Waals surface area contributed by atoms with Crippen LogP contribution in [0.25, 0.3) is 16.9 Å². The van der Waals surface area contributed by atoms with Crippen molar-refractivity contribution >= 4 is 11.6 Å². The second-order valence-electron chi connectivity index (χ2n) is 5.63. The number of nitrogens with zero attached hydrogens (tertiary/aromatic N) is 3. The number of benzene rings is 1. The molecule has 1 amide bonds. The topological polar surface area (TPSA) is 91.3 Å². The molecule has 6 nitrogen and oxygen atoms in total. The molecular formula is C16H12FN4O2. The highest BCUT2D eigenvalue weighted by Crippen LogP contribution is 2.41. The normalized spacial score (nSPS) is 14.3. The van der Waals surface area contributed by atoms with E-state index < -0.39 is 17.5 Å². The van der Waals surface area contributed by atoms with Crippen LogP contribution in [0, 0.1) is 5.82 Å². The van der Waals surface area contributed by atoms with Gasteiger partial charge >= 0.3 is 0 Å². The lowest BCUT2D eigenvalue weighted by atomic mass is 10.0. The van der Waals surface area contributed by atoms with E-state index in [0.29, 0.717) is 5.92 Å². The van der Waals surface area contributed by atoms with Crippen molar-refractivity contribution in [1.82, 2.24) is 20.3 Å². The van der Waals surface area contributed by atoms with Gasteiger partial charge in [-0.3, -0.25) is 10.5 Å². The molecule has 4 rings (SSSR count). The van der Waals surface area contributed by atoms with Crippen molar-refractivity contribution in [3.8, 4) is 17.0 Å². The molecule has 1 aliphatic rings. The van der Waals surface area contributed by atoms with E-state index in [1.54, 1.807) is 6.07 Å². The average molecular weight is 311 g/mol. The van der Waals surface area contributed by atoms with Crippen LogP contribution in [0.3, 0.4) is 0 Å². The van der Waals surface area contributed by atoms with Gasteiger partial charge in [-0.15, -0.1) is 0 Å². The lowest BCUT2D eigenvalue weighted by Gasteiger charge is -2.10. The number of rotatable bonds is 3. The summed E-state index contributed by atoms with van der Waals surface area (Å²) in [6.45, 7) is 0. The van der Waals surface area contributed by atoms with Gasteiger partial charge in [0.05, 0.1) is 5.69 Å². The van der Waals surface area contributed by atoms with E-state index in [4.69, 9.17) is 5.73 Å². The van der Waals surface area contributed by atoms with Crippen molar-refractivity contribution in [2.45, 2.75) is 18.8 Å². The largest absolute Gasteiger partial charge is 0.507 e. The fourth-order valence-corrected chi connectivity index (χ4v) is 2.79. The Morgan fingerprint density at radius 3 is 2.78 bits per heavy atom. The van der Waals surface area contributed by atoms with Crippen LogP contribution >= 0.6 is 0 Å². The molecule has 1 aliphatic carbocycles. The average Bonchev–Trinajstić information content (AvgIpc) is 3.24. The molecule has 2 N–H and O–H groups in total. The molecule has 0 saturated heterocycles. The van der Waals surface area contributed by atoms with Gasteiger partial charge in [-0.05, 0) is 36.5 Å². The van der Waals surface area contributed by atoms with Crippen molar-refractivity contribution in [1.29, 1.82) is 0 Å². The summed E-state index contributed by atoms with van der Waals surface area (Å²) in [5.74, 6) is -1.47. The van der Waals surface area contributed by atoms with Gasteiger partial charge in [-0.2, -0.15) is 5.10 Å². The van der Waals surface area contributed by atoms with E-state index in [9.17, 15) is 14.3 Å². The van der Waals surface area contributed by atoms with Crippen molar-refractivity contribution in [3.63, 3.8) is 0 Å². The molecule has 115 valence electrons. The lowest BCUT2D eigenvalue weighted by molar-refractivity contribution is 0.0990. The molecule has 7 heteroatoms. The smallest absolute Gasteiger partial charge is 0.277 e. The molecule has 0 unspecified atom stereocenters. The van der Waals surface area contributed by atoms with Crippen LogP contribution in [0.2, 0.25) is 0 Å². The van der Waals surface area contributed by atoms with Crippen LogP contribution in [0.4, 0.5) is 4.39 Å². The van der Waals surface area contributed by atoms with Gasteiger partial charge < -0.3 is 5.11 Å². The molecule has 0 bridgehead atoms. The lowest BCUT2D eigenvalue weighted by Crippen LogP contribution is -2.06. The van der Waals surface area contributed by atoms with Crippen molar-refractivity contribution in [3.05, 3.63) is 47.5 Å². The van der Waals surface area contributed by atoms with Gasteiger partial charge in [-0.25, -0.2) is 13.9 Å². The van der Waals surface area contributed by atoms with E-state index in [1.807, 2.05) is 6.07 Å². The summed E-state index contributed by atoms with van der Waals surface area (Å²) >= 11 is 0. The molecule has 3 aromatic rings. The maximum Gasteiger partial charge on any atom is 0.277 e. The Labute approximate surface area is 130 Å². The van der Waals surface area contributed by atoms with Crippen molar-refractivity contribution in [2.24, 2.45) is 0 Å². The predicted molar refractivity (Wildman–Crippen MR) is 79.4 cm³/mol. The van der Waals surface area contributed by atoms with Gasteiger partial charge in [-0.1, -0.05) is 6.07 Å². The monoisotopic (exact) mass is 311 g/mol. The summed E-state index contributed by atoms with van der Waals surface area (Å²) in [4.78, 5) is 15.3. The van der Waals surface area contributed by atoms with E-state index >= 15 is 0 Å². The fraction of sp³-hybridized carbons (Fsp3) is 0.188. The van der Waals surface area contributed by atoms with Crippen LogP contribution in [0.1, 0.15) is 34.7 Å². The van der Waals surface area contributed by atoms with Gasteiger partial charge in [0, 0.05) is 11.6 Å². The molecule has 1 fully saturated rings. The number of pyridine rings is 1. The predicted octanol–water partition coefficient (Wildman–Crippen LogP) is 2.54. The fourth-order valence-electron chi connectivity index (χ4n) is 2.79. The number of hydrogen-bond acceptors (Lipinski definition) is 4. The summed E-state index contributed by atoms with van der Waals surface area (Å²) < 4.78 is 15.8. The summed E-state index contributed by atoms with van der Waals surface area (Å²) in [6, 6.07) is 6.23. The highest BCUT2D eigenvalue weighted by atomic mass is 19.1. The maximum absolute atomic E-state index is 14.5. The van der Waals surface area contributed by atoms with Crippen LogP contribution in [0.5, 0.6) is 5.75 Å². The van der Waals surface area contributed by atoms with Gasteiger partial charge in [0.25, 0.3) is 5.91 Å². The van der Waals surface area contributed by atoms with Crippen LogP contribution < -0.4 is 5.73 Å². The van der Waals surface area contributed by atoms with Crippen LogP contribution in [-0.2, 0) is 0 Å². The van der Waals surface area contributed by atoms with Crippen LogP contribution in [0.15, 0.2) is 30.6 Å². The molecule has 0 atom stereocenters. The first kappa shape index (κ1) is 13.7. The first-order valence-corrected chi connectivity index (χ1v) is 7.17. The Morgan fingerprint density at radius 2 is 2.13 bits per heavy atom. The third kappa shape index (κ3) is 2.12. The zero-order valence-electron chi connectivity index (χ0n) is 12.0. The quantitative estimate of drug-likeness (QED) is 0.804. The molecule has 2 heterocycles. The zero-order chi connectivity index (χ0) is 16.1. The Balaban J connectivity index is 1.94. The Bertz CT molecular complexity index is 947. The number of aromatic nitrogens is 3. The summed E-state index contributed by atoms with van der Waals surface area (Å²) in [6.07, 6.45) is 3.35. The van der Waals surface area contributed by atoms with Crippen molar-refractivity contribution in [2.75, 3.05) is 0 Å². The van der Waals surface area contributed by atoms with Gasteiger partial charge in [0.2, 0.25) is 0 Å². The third-order valence-electron chi connectivity index (χ3n) is 4.07. The molecule has 23 heavy (non-hydrogen) atoms. The van der Waals surface area contributed by atoms with E-state index in [0.717, 1.165) is 18.4 Å². The molecular weight excluding hydrogens is 299 g/mol. The summed E-state index contributed by atoms with van der Waals surface area (Å²) in [5, 5.41) is 14.0. The molecule has 1 radical (unpaired) electrons. The number of hydrogen-bond donors (Lipinski definition) is 1. The first-order valence-electron chi connectivity index (χ1n) is 7.17. The Morgan fingerprint density at radius 1 is 1.35 bits per heavy atom. The summed E-state index contributed by atoms with van der Waals surface area (Å²) in [7, 11) is 0. The SMILES string of the molecule is [NH]C(=O)c1c(O)cc(-c2ccc(C3CC3)cc2F)n2ncnc12. The highest BCUT2D eigenvalue weighted by Gasteiger charge is 2.25. The number of fused-ring (bicyclic) bond motifs is 1. The summed E-state index contributed by atoms with van der Waals surface area (Å²) in [5.41, 5.74) is 8.50. The Kier molecular flexibility index (Phi) is 2.84. The standard InChI is InChI=1S/C16H12FN4O2/c17-11-5-9(8-1-2-8)3-4-10(11)12-6-13(22)14(15(18)23)16-19-7-20-21(12)16/h3-8,18,22H,1-2H2. The van der Waals surface area contributed by atoms with E-state index in [1.165, 1.54) is 23.0 Å². The van der Waals surface area contributed by atoms with Gasteiger partial charge in [0.1, 0.15) is 23.5 Å². The first-order chi connectivity index (χ1) is 11.1. The number of aromatic hydroxyl groups is 1. The number of nitrogens with one attached hydrogen (secondary N) is 1. The van der Waals surface area contributed by atoms with Crippen molar-refractivity contribution < 1.29 is 14.3 Å².